The molecule has 1 aromatic rings. The van der Waals surface area contributed by atoms with Gasteiger partial charge >= 0.3 is 0 Å². The van der Waals surface area contributed by atoms with Crippen LogP contribution in [0.5, 0.6) is 0 Å². The fourth-order valence-corrected chi connectivity index (χ4v) is 3.30. The molecule has 0 atom stereocenters. The summed E-state index contributed by atoms with van der Waals surface area (Å²) in [6.07, 6.45) is 5.96. The molecule has 0 radical (unpaired) electrons. The molecule has 0 spiro atoms. The molecule has 0 unspecified atom stereocenters. The molecular formula is C13H15ClINO. The van der Waals surface area contributed by atoms with Gasteiger partial charge in [-0.25, -0.2) is 0 Å². The lowest BCUT2D eigenvalue weighted by Crippen LogP contribution is -2.36. The van der Waals surface area contributed by atoms with E-state index in [1.165, 1.54) is 19.3 Å². The van der Waals surface area contributed by atoms with Gasteiger partial charge in [0, 0.05) is 14.6 Å². The maximum atomic E-state index is 12.1. The Labute approximate surface area is 120 Å². The molecule has 1 N–H and O–H groups in total. The minimum Gasteiger partial charge on any atom is -0.349 e. The Morgan fingerprint density at radius 2 is 2.00 bits per heavy atom. The predicted molar refractivity (Wildman–Crippen MR) is 78.5 cm³/mol. The van der Waals surface area contributed by atoms with Crippen molar-refractivity contribution in [1.29, 1.82) is 0 Å². The van der Waals surface area contributed by atoms with Gasteiger partial charge in [-0.15, -0.1) is 0 Å². The van der Waals surface area contributed by atoms with Gasteiger partial charge in [0.25, 0.3) is 5.91 Å². The molecule has 1 aromatic carbocycles. The van der Waals surface area contributed by atoms with E-state index in [0.29, 0.717) is 11.1 Å². The number of hydrogen-bond donors (Lipinski definition) is 1. The number of nitrogens with one attached hydrogen (secondary N) is 1. The molecule has 92 valence electrons. The average molecular weight is 364 g/mol. The molecular weight excluding hydrogens is 349 g/mol. The van der Waals surface area contributed by atoms with Crippen molar-refractivity contribution in [2.24, 2.45) is 0 Å². The van der Waals surface area contributed by atoms with E-state index in [2.05, 4.69) is 27.9 Å². The van der Waals surface area contributed by atoms with Crippen LogP contribution in [0.1, 0.15) is 42.5 Å². The van der Waals surface area contributed by atoms with Crippen LogP contribution in [0.2, 0.25) is 5.02 Å². The van der Waals surface area contributed by atoms with E-state index in [4.69, 9.17) is 11.6 Å². The first-order valence-electron chi connectivity index (χ1n) is 5.93. The number of hydrogen-bond acceptors (Lipinski definition) is 1. The third kappa shape index (κ3) is 3.58. The molecule has 0 heterocycles. The largest absolute Gasteiger partial charge is 0.349 e. The molecule has 0 bridgehead atoms. The van der Waals surface area contributed by atoms with Gasteiger partial charge in [-0.2, -0.15) is 0 Å². The maximum absolute atomic E-state index is 12.1. The van der Waals surface area contributed by atoms with E-state index >= 15 is 0 Å². The zero-order valence-electron chi connectivity index (χ0n) is 9.51. The Kier molecular flexibility index (Phi) is 4.68. The van der Waals surface area contributed by atoms with E-state index < -0.39 is 0 Å². The van der Waals surface area contributed by atoms with Crippen LogP contribution in [-0.4, -0.2) is 11.9 Å². The van der Waals surface area contributed by atoms with Gasteiger partial charge in [0.2, 0.25) is 0 Å². The minimum atomic E-state index is 0.0259. The van der Waals surface area contributed by atoms with Crippen LogP contribution < -0.4 is 5.32 Å². The van der Waals surface area contributed by atoms with E-state index in [9.17, 15) is 4.79 Å². The number of halogens is 2. The number of benzene rings is 1. The van der Waals surface area contributed by atoms with Crippen molar-refractivity contribution in [3.63, 3.8) is 0 Å². The summed E-state index contributed by atoms with van der Waals surface area (Å²) in [5.74, 6) is 0.0259. The minimum absolute atomic E-state index is 0.0259. The summed E-state index contributed by atoms with van der Waals surface area (Å²) in [7, 11) is 0. The normalized spacial score (nSPS) is 16.8. The first-order chi connectivity index (χ1) is 8.16. The van der Waals surface area contributed by atoms with Crippen molar-refractivity contribution < 1.29 is 4.79 Å². The second-order valence-electron chi connectivity index (χ2n) is 4.43. The molecule has 1 aliphatic rings. The van der Waals surface area contributed by atoms with Crippen molar-refractivity contribution in [3.05, 3.63) is 32.4 Å². The predicted octanol–water partition coefficient (Wildman–Crippen LogP) is 4.01. The average Bonchev–Trinajstić information content (AvgIpc) is 2.30. The molecule has 1 fully saturated rings. The highest BCUT2D eigenvalue weighted by Gasteiger charge is 2.17. The fraction of sp³-hybridized carbons (Fsp3) is 0.462. The Morgan fingerprint density at radius 3 is 2.65 bits per heavy atom. The third-order valence-corrected chi connectivity index (χ3v) is 4.24. The summed E-state index contributed by atoms with van der Waals surface area (Å²) >= 11 is 8.03. The molecule has 0 aliphatic heterocycles. The zero-order chi connectivity index (χ0) is 12.3. The van der Waals surface area contributed by atoms with Crippen LogP contribution in [-0.2, 0) is 0 Å². The van der Waals surface area contributed by atoms with Crippen LogP contribution >= 0.6 is 34.2 Å². The standard InChI is InChI=1S/C13H15ClINO/c14-9-6-7-11(12(15)8-9)13(17)16-10-4-2-1-3-5-10/h6-8,10H,1-5H2,(H,16,17). The van der Waals surface area contributed by atoms with E-state index in [0.717, 1.165) is 22.0 Å². The van der Waals surface area contributed by atoms with Crippen molar-refractivity contribution >= 4 is 40.1 Å². The van der Waals surface area contributed by atoms with Crippen molar-refractivity contribution in [2.45, 2.75) is 38.1 Å². The topological polar surface area (TPSA) is 29.1 Å². The van der Waals surface area contributed by atoms with E-state index in [1.807, 2.05) is 6.07 Å². The molecule has 1 amide bonds. The first kappa shape index (κ1) is 13.1. The Morgan fingerprint density at radius 1 is 1.29 bits per heavy atom. The van der Waals surface area contributed by atoms with Gasteiger partial charge in [0.1, 0.15) is 0 Å². The Bertz CT molecular complexity index is 416. The van der Waals surface area contributed by atoms with Gasteiger partial charge in [-0.1, -0.05) is 30.9 Å². The quantitative estimate of drug-likeness (QED) is 0.791. The van der Waals surface area contributed by atoms with Crippen molar-refractivity contribution in [3.8, 4) is 0 Å². The summed E-state index contributed by atoms with van der Waals surface area (Å²) in [6, 6.07) is 5.72. The van der Waals surface area contributed by atoms with Gasteiger partial charge in [0.15, 0.2) is 0 Å². The first-order valence-corrected chi connectivity index (χ1v) is 7.38. The smallest absolute Gasteiger partial charge is 0.252 e. The SMILES string of the molecule is O=C(NC1CCCCC1)c1ccc(Cl)cc1I. The molecule has 4 heteroatoms. The number of rotatable bonds is 2. The summed E-state index contributed by atoms with van der Waals surface area (Å²) in [6.45, 7) is 0. The van der Waals surface area contributed by atoms with Crippen LogP contribution in [0.15, 0.2) is 18.2 Å². The Hall–Kier alpha value is -0.290. The maximum Gasteiger partial charge on any atom is 0.252 e. The lowest BCUT2D eigenvalue weighted by Gasteiger charge is -2.23. The molecule has 2 nitrogen and oxygen atoms in total. The van der Waals surface area contributed by atoms with Crippen LogP contribution in [0, 0.1) is 3.57 Å². The Balaban J connectivity index is 2.03. The second-order valence-corrected chi connectivity index (χ2v) is 6.03. The monoisotopic (exact) mass is 363 g/mol. The number of carbonyl (C=O) groups is 1. The number of amides is 1. The lowest BCUT2D eigenvalue weighted by molar-refractivity contribution is 0.0927. The summed E-state index contributed by atoms with van der Waals surface area (Å²) in [4.78, 5) is 12.1. The second kappa shape index (κ2) is 6.05. The molecule has 0 saturated heterocycles. The van der Waals surface area contributed by atoms with E-state index in [-0.39, 0.29) is 5.91 Å². The van der Waals surface area contributed by atoms with Crippen LogP contribution in [0.4, 0.5) is 0 Å². The van der Waals surface area contributed by atoms with E-state index in [1.54, 1.807) is 12.1 Å². The summed E-state index contributed by atoms with van der Waals surface area (Å²) < 4.78 is 0.906. The highest BCUT2D eigenvalue weighted by molar-refractivity contribution is 14.1. The molecule has 1 aliphatic carbocycles. The van der Waals surface area contributed by atoms with Gasteiger partial charge in [-0.3, -0.25) is 4.79 Å². The molecule has 17 heavy (non-hydrogen) atoms. The highest BCUT2D eigenvalue weighted by Crippen LogP contribution is 2.20. The summed E-state index contributed by atoms with van der Waals surface area (Å²) in [5, 5.41) is 3.78. The number of carbonyl (C=O) groups excluding carboxylic acids is 1. The van der Waals surface area contributed by atoms with Crippen molar-refractivity contribution in [1.82, 2.24) is 5.32 Å². The van der Waals surface area contributed by atoms with Gasteiger partial charge in [-0.05, 0) is 53.6 Å². The summed E-state index contributed by atoms with van der Waals surface area (Å²) in [5.41, 5.74) is 0.723. The molecule has 2 rings (SSSR count). The van der Waals surface area contributed by atoms with Crippen LogP contribution in [0.25, 0.3) is 0 Å². The molecule has 0 aromatic heterocycles. The van der Waals surface area contributed by atoms with Gasteiger partial charge in [0.05, 0.1) is 5.56 Å². The third-order valence-electron chi connectivity index (χ3n) is 3.12. The van der Waals surface area contributed by atoms with Crippen molar-refractivity contribution in [2.75, 3.05) is 0 Å². The fourth-order valence-electron chi connectivity index (χ4n) is 2.18. The lowest BCUT2D eigenvalue weighted by atomic mass is 9.95. The van der Waals surface area contributed by atoms with Gasteiger partial charge < -0.3 is 5.32 Å². The zero-order valence-corrected chi connectivity index (χ0v) is 12.4. The highest BCUT2D eigenvalue weighted by atomic mass is 127. The van der Waals surface area contributed by atoms with Crippen LogP contribution in [0.3, 0.4) is 0 Å². The molecule has 1 saturated carbocycles.